The van der Waals surface area contributed by atoms with Crippen LogP contribution in [-0.4, -0.2) is 33.5 Å². The number of methoxy groups -OCH3 is 2. The Kier molecular flexibility index (Phi) is 5.11. The Morgan fingerprint density at radius 2 is 1.60 bits per heavy atom. The minimum absolute atomic E-state index is 0.282. The molecule has 132 valence electrons. The molecule has 25 heavy (non-hydrogen) atoms. The van der Waals surface area contributed by atoms with Gasteiger partial charge in [0, 0.05) is 6.54 Å². The van der Waals surface area contributed by atoms with Crippen molar-refractivity contribution in [1.82, 2.24) is 4.31 Å². The van der Waals surface area contributed by atoms with E-state index in [1.165, 1.54) is 4.31 Å². The van der Waals surface area contributed by atoms with E-state index in [1.54, 1.807) is 44.6 Å². The molecule has 0 saturated heterocycles. The van der Waals surface area contributed by atoms with Crippen LogP contribution in [-0.2, 0) is 10.0 Å². The maximum absolute atomic E-state index is 13.2. The first-order valence-electron chi connectivity index (χ1n) is 8.04. The van der Waals surface area contributed by atoms with Crippen molar-refractivity contribution in [1.29, 1.82) is 0 Å². The molecule has 5 nitrogen and oxygen atoms in total. The van der Waals surface area contributed by atoms with Crippen LogP contribution in [0.1, 0.15) is 18.0 Å². The van der Waals surface area contributed by atoms with E-state index in [2.05, 4.69) is 0 Å². The maximum Gasteiger partial charge on any atom is 0.243 e. The van der Waals surface area contributed by atoms with Crippen LogP contribution in [0.25, 0.3) is 0 Å². The number of hydrogen-bond acceptors (Lipinski definition) is 4. The first-order valence-corrected chi connectivity index (χ1v) is 9.48. The third kappa shape index (κ3) is 3.27. The molecule has 0 saturated carbocycles. The maximum atomic E-state index is 13.2. The fourth-order valence-electron chi connectivity index (χ4n) is 3.07. The highest BCUT2D eigenvalue weighted by Crippen LogP contribution is 2.41. The fraction of sp³-hybridized carbons (Fsp3) is 0.263. The third-order valence-corrected chi connectivity index (χ3v) is 6.15. The average molecular weight is 359 g/mol. The molecule has 0 bridgehead atoms. The topological polar surface area (TPSA) is 55.8 Å². The number of benzene rings is 2. The number of nitrogens with zero attached hydrogens (tertiary/aromatic N) is 1. The lowest BCUT2D eigenvalue weighted by Crippen LogP contribution is -2.37. The minimum atomic E-state index is -3.64. The highest BCUT2D eigenvalue weighted by atomic mass is 32.2. The zero-order valence-electron chi connectivity index (χ0n) is 14.3. The van der Waals surface area contributed by atoms with Crippen LogP contribution in [0.2, 0.25) is 0 Å². The molecule has 0 aliphatic carbocycles. The SMILES string of the molecule is COc1cccc(OC)c1C1C=CCCN1S(=O)(=O)c1ccccc1. The Morgan fingerprint density at radius 1 is 0.960 bits per heavy atom. The summed E-state index contributed by atoms with van der Waals surface area (Å²) in [6.45, 7) is 0.402. The van der Waals surface area contributed by atoms with Gasteiger partial charge in [0.15, 0.2) is 0 Å². The molecule has 0 aromatic heterocycles. The summed E-state index contributed by atoms with van der Waals surface area (Å²) >= 11 is 0. The molecule has 0 spiro atoms. The van der Waals surface area contributed by atoms with Gasteiger partial charge in [-0.3, -0.25) is 0 Å². The molecule has 0 radical (unpaired) electrons. The Hall–Kier alpha value is -2.31. The summed E-state index contributed by atoms with van der Waals surface area (Å²) in [4.78, 5) is 0.282. The Morgan fingerprint density at radius 3 is 2.20 bits per heavy atom. The van der Waals surface area contributed by atoms with Crippen molar-refractivity contribution in [3.8, 4) is 11.5 Å². The summed E-state index contributed by atoms with van der Waals surface area (Å²) in [6.07, 6.45) is 4.55. The van der Waals surface area contributed by atoms with Gasteiger partial charge in [0.05, 0.1) is 30.7 Å². The molecular formula is C19H21NO4S. The van der Waals surface area contributed by atoms with Crippen molar-refractivity contribution in [3.63, 3.8) is 0 Å². The summed E-state index contributed by atoms with van der Waals surface area (Å²) in [5, 5.41) is 0. The zero-order chi connectivity index (χ0) is 17.9. The van der Waals surface area contributed by atoms with Crippen LogP contribution < -0.4 is 9.47 Å². The standard InChI is InChI=1S/C19H21NO4S/c1-23-17-12-8-13-18(24-2)19(17)16-11-6-7-14-20(16)25(21,22)15-9-4-3-5-10-15/h3-6,8-13,16H,7,14H2,1-2H3. The quantitative estimate of drug-likeness (QED) is 0.768. The van der Waals surface area contributed by atoms with Gasteiger partial charge in [0.25, 0.3) is 0 Å². The Balaban J connectivity index is 2.12. The van der Waals surface area contributed by atoms with E-state index in [9.17, 15) is 8.42 Å². The van der Waals surface area contributed by atoms with E-state index < -0.39 is 16.1 Å². The van der Waals surface area contributed by atoms with Crippen molar-refractivity contribution in [2.75, 3.05) is 20.8 Å². The van der Waals surface area contributed by atoms with E-state index in [0.717, 1.165) is 0 Å². The monoisotopic (exact) mass is 359 g/mol. The molecule has 1 heterocycles. The first kappa shape index (κ1) is 17.5. The largest absolute Gasteiger partial charge is 0.496 e. The summed E-state index contributed by atoms with van der Waals surface area (Å²) in [7, 11) is -0.498. The van der Waals surface area contributed by atoms with Crippen LogP contribution in [0.15, 0.2) is 65.6 Å². The lowest BCUT2D eigenvalue weighted by Gasteiger charge is -2.33. The molecule has 6 heteroatoms. The van der Waals surface area contributed by atoms with Gasteiger partial charge in [-0.2, -0.15) is 4.31 Å². The van der Waals surface area contributed by atoms with Crippen LogP contribution in [0.5, 0.6) is 11.5 Å². The molecule has 1 unspecified atom stereocenters. The van der Waals surface area contributed by atoms with Crippen molar-refractivity contribution in [2.45, 2.75) is 17.4 Å². The van der Waals surface area contributed by atoms with Gasteiger partial charge in [-0.1, -0.05) is 36.4 Å². The molecule has 0 fully saturated rings. The van der Waals surface area contributed by atoms with Gasteiger partial charge in [-0.05, 0) is 30.7 Å². The zero-order valence-corrected chi connectivity index (χ0v) is 15.1. The summed E-state index contributed by atoms with van der Waals surface area (Å²) < 4.78 is 38.8. The minimum Gasteiger partial charge on any atom is -0.496 e. The highest BCUT2D eigenvalue weighted by molar-refractivity contribution is 7.89. The second kappa shape index (κ2) is 7.29. The predicted octanol–water partition coefficient (Wildman–Crippen LogP) is 3.40. The first-order chi connectivity index (χ1) is 12.1. The van der Waals surface area contributed by atoms with E-state index in [-0.39, 0.29) is 4.90 Å². The van der Waals surface area contributed by atoms with Gasteiger partial charge in [-0.25, -0.2) is 8.42 Å². The number of rotatable bonds is 5. The molecule has 2 aromatic rings. The third-order valence-electron chi connectivity index (χ3n) is 4.26. The number of sulfonamides is 1. The molecule has 1 atom stereocenters. The van der Waals surface area contributed by atoms with Crippen LogP contribution in [0.4, 0.5) is 0 Å². The van der Waals surface area contributed by atoms with E-state index >= 15 is 0 Å². The lowest BCUT2D eigenvalue weighted by molar-refractivity contribution is 0.327. The summed E-state index contributed by atoms with van der Waals surface area (Å²) in [6, 6.07) is 13.5. The number of hydrogen-bond donors (Lipinski definition) is 0. The highest BCUT2D eigenvalue weighted by Gasteiger charge is 2.35. The molecule has 0 N–H and O–H groups in total. The summed E-state index contributed by atoms with van der Waals surface area (Å²) in [5.74, 6) is 1.20. The van der Waals surface area contributed by atoms with Crippen molar-refractivity contribution in [3.05, 3.63) is 66.2 Å². The Labute approximate surface area is 148 Å². The van der Waals surface area contributed by atoms with E-state index in [0.29, 0.717) is 30.0 Å². The van der Waals surface area contributed by atoms with Gasteiger partial charge >= 0.3 is 0 Å². The lowest BCUT2D eigenvalue weighted by atomic mass is 10.0. The van der Waals surface area contributed by atoms with Gasteiger partial charge in [0.2, 0.25) is 10.0 Å². The number of ether oxygens (including phenoxy) is 2. The molecule has 1 aliphatic rings. The van der Waals surface area contributed by atoms with E-state index in [1.807, 2.05) is 30.4 Å². The molecular weight excluding hydrogens is 338 g/mol. The van der Waals surface area contributed by atoms with Crippen molar-refractivity contribution < 1.29 is 17.9 Å². The molecule has 1 aliphatic heterocycles. The van der Waals surface area contributed by atoms with Gasteiger partial charge < -0.3 is 9.47 Å². The van der Waals surface area contributed by atoms with Gasteiger partial charge in [0.1, 0.15) is 11.5 Å². The van der Waals surface area contributed by atoms with Crippen molar-refractivity contribution in [2.24, 2.45) is 0 Å². The Bertz CT molecular complexity index is 840. The van der Waals surface area contributed by atoms with Gasteiger partial charge in [-0.15, -0.1) is 0 Å². The van der Waals surface area contributed by atoms with Crippen molar-refractivity contribution >= 4 is 10.0 Å². The molecule has 2 aromatic carbocycles. The predicted molar refractivity (Wildman–Crippen MR) is 96.4 cm³/mol. The molecule has 0 amide bonds. The normalized spacial score (nSPS) is 18.1. The fourth-order valence-corrected chi connectivity index (χ4v) is 4.66. The van der Waals surface area contributed by atoms with Crippen LogP contribution in [0, 0.1) is 0 Å². The second-order valence-electron chi connectivity index (χ2n) is 5.67. The molecule has 3 rings (SSSR count). The van der Waals surface area contributed by atoms with E-state index in [4.69, 9.17) is 9.47 Å². The smallest absolute Gasteiger partial charge is 0.243 e. The second-order valence-corrected chi connectivity index (χ2v) is 7.56. The van der Waals surface area contributed by atoms with Crippen LogP contribution >= 0.6 is 0 Å². The van der Waals surface area contributed by atoms with Crippen LogP contribution in [0.3, 0.4) is 0 Å². The summed E-state index contributed by atoms with van der Waals surface area (Å²) in [5.41, 5.74) is 0.711. The average Bonchev–Trinajstić information content (AvgIpc) is 2.68.